The van der Waals surface area contributed by atoms with Gasteiger partial charge in [-0.05, 0) is 49.6 Å². The fraction of sp³-hybridized carbons (Fsp3) is 0.192. The molecule has 1 aromatic heterocycles. The monoisotopic (exact) mass is 383 g/mol. The van der Waals surface area contributed by atoms with E-state index in [9.17, 15) is 5.11 Å². The van der Waals surface area contributed by atoms with Gasteiger partial charge < -0.3 is 9.84 Å². The van der Waals surface area contributed by atoms with Gasteiger partial charge in [0.2, 0.25) is 0 Å². The van der Waals surface area contributed by atoms with E-state index in [0.29, 0.717) is 6.61 Å². The van der Waals surface area contributed by atoms with E-state index >= 15 is 0 Å². The Balaban J connectivity index is 1.76. The molecule has 0 spiro atoms. The maximum absolute atomic E-state index is 10.3. The molecule has 29 heavy (non-hydrogen) atoms. The number of aliphatic hydroxyl groups is 1. The maximum Gasteiger partial charge on any atom is 0.131 e. The first kappa shape index (κ1) is 19.2. The molecule has 1 N–H and O–H groups in total. The number of nitrogens with zero attached hydrogens (tertiary/aromatic N) is 1. The molecule has 0 aliphatic heterocycles. The van der Waals surface area contributed by atoms with Crippen molar-refractivity contribution < 1.29 is 9.84 Å². The molecule has 0 saturated carbocycles. The normalized spacial score (nSPS) is 11.6. The summed E-state index contributed by atoms with van der Waals surface area (Å²) in [5, 5.41) is 11.3. The predicted octanol–water partition coefficient (Wildman–Crippen LogP) is 6.02. The molecule has 3 nitrogen and oxygen atoms in total. The predicted molar refractivity (Wildman–Crippen MR) is 118 cm³/mol. The van der Waals surface area contributed by atoms with Gasteiger partial charge in [0.1, 0.15) is 12.4 Å². The van der Waals surface area contributed by atoms with Crippen molar-refractivity contribution in [2.75, 3.05) is 0 Å². The zero-order valence-electron chi connectivity index (χ0n) is 17.0. The average molecular weight is 383 g/mol. The van der Waals surface area contributed by atoms with Gasteiger partial charge >= 0.3 is 0 Å². The Hall–Kier alpha value is -3.17. The minimum atomic E-state index is -0.871. The molecule has 0 aliphatic rings. The minimum absolute atomic E-state index is 0.505. The summed E-state index contributed by atoms with van der Waals surface area (Å²) < 4.78 is 6.21. The van der Waals surface area contributed by atoms with Gasteiger partial charge in [0.25, 0.3) is 0 Å². The molecular formula is C26H25NO2. The van der Waals surface area contributed by atoms with Crippen molar-refractivity contribution in [1.29, 1.82) is 0 Å². The van der Waals surface area contributed by atoms with Crippen molar-refractivity contribution in [2.24, 2.45) is 0 Å². The number of benzene rings is 3. The topological polar surface area (TPSA) is 42.4 Å². The van der Waals surface area contributed by atoms with Gasteiger partial charge in [0.15, 0.2) is 0 Å². The first-order valence-corrected chi connectivity index (χ1v) is 9.82. The summed E-state index contributed by atoms with van der Waals surface area (Å²) in [5.74, 6) is 0.820. The number of para-hydroxylation sites is 1. The van der Waals surface area contributed by atoms with Crippen molar-refractivity contribution in [1.82, 2.24) is 4.98 Å². The number of pyridine rings is 1. The molecule has 3 aromatic carbocycles. The Morgan fingerprint density at radius 1 is 0.897 bits per heavy atom. The molecule has 4 rings (SSSR count). The molecule has 1 heterocycles. The highest BCUT2D eigenvalue weighted by Gasteiger charge is 2.18. The van der Waals surface area contributed by atoms with Gasteiger partial charge in [-0.1, -0.05) is 60.7 Å². The van der Waals surface area contributed by atoms with Crippen LogP contribution in [0.3, 0.4) is 0 Å². The highest BCUT2D eigenvalue weighted by Crippen LogP contribution is 2.33. The Labute approximate surface area is 171 Å². The molecule has 0 aliphatic carbocycles. The summed E-state index contributed by atoms with van der Waals surface area (Å²) in [5.41, 5.74) is 5.02. The number of aromatic nitrogens is 1. The summed E-state index contributed by atoms with van der Waals surface area (Å²) in [6.07, 6.45) is 0. The van der Waals surface area contributed by atoms with E-state index in [0.717, 1.165) is 44.6 Å². The average Bonchev–Trinajstić information content (AvgIpc) is 2.72. The fourth-order valence-electron chi connectivity index (χ4n) is 3.47. The second-order valence-corrected chi connectivity index (χ2v) is 7.89. The third-order valence-electron chi connectivity index (χ3n) is 5.12. The van der Waals surface area contributed by atoms with Crippen molar-refractivity contribution >= 4 is 10.9 Å². The molecule has 0 fully saturated rings. The number of fused-ring (bicyclic) bond motifs is 1. The van der Waals surface area contributed by atoms with Crippen LogP contribution in [0, 0.1) is 6.92 Å². The molecule has 0 saturated heterocycles. The molecule has 0 radical (unpaired) electrons. The first-order chi connectivity index (χ1) is 13.9. The van der Waals surface area contributed by atoms with Gasteiger partial charge in [-0.25, -0.2) is 4.98 Å². The van der Waals surface area contributed by atoms with E-state index in [-0.39, 0.29) is 0 Å². The van der Waals surface area contributed by atoms with Crippen LogP contribution in [0.15, 0.2) is 78.9 Å². The van der Waals surface area contributed by atoms with Crippen LogP contribution in [-0.4, -0.2) is 10.1 Å². The minimum Gasteiger partial charge on any atom is -0.488 e. The van der Waals surface area contributed by atoms with Gasteiger partial charge in [0.05, 0.1) is 16.8 Å². The van der Waals surface area contributed by atoms with Crippen LogP contribution in [0.5, 0.6) is 5.75 Å². The third kappa shape index (κ3) is 4.15. The Kier molecular flexibility index (Phi) is 5.08. The lowest BCUT2D eigenvalue weighted by molar-refractivity contribution is 0.0785. The zero-order chi connectivity index (χ0) is 20.4. The van der Waals surface area contributed by atoms with Crippen LogP contribution in [0.25, 0.3) is 22.2 Å². The van der Waals surface area contributed by atoms with E-state index in [1.54, 1.807) is 13.8 Å². The molecule has 0 bridgehead atoms. The largest absolute Gasteiger partial charge is 0.488 e. The van der Waals surface area contributed by atoms with E-state index in [4.69, 9.17) is 9.72 Å². The van der Waals surface area contributed by atoms with Gasteiger partial charge in [0, 0.05) is 17.0 Å². The maximum atomic E-state index is 10.3. The number of aryl methyl sites for hydroxylation is 1. The van der Waals surface area contributed by atoms with Crippen LogP contribution in [0.4, 0.5) is 0 Å². The van der Waals surface area contributed by atoms with Gasteiger partial charge in [-0.3, -0.25) is 0 Å². The smallest absolute Gasteiger partial charge is 0.131 e. The quantitative estimate of drug-likeness (QED) is 0.458. The molecule has 0 unspecified atom stereocenters. The number of rotatable bonds is 5. The van der Waals surface area contributed by atoms with Crippen molar-refractivity contribution in [3.63, 3.8) is 0 Å². The molecule has 4 aromatic rings. The molecule has 146 valence electrons. The van der Waals surface area contributed by atoms with Crippen LogP contribution < -0.4 is 4.74 Å². The van der Waals surface area contributed by atoms with E-state index in [1.165, 1.54) is 0 Å². The first-order valence-electron chi connectivity index (χ1n) is 9.82. The Bertz CT molecular complexity index is 1140. The molecular weight excluding hydrogens is 358 g/mol. The second kappa shape index (κ2) is 7.69. The highest BCUT2D eigenvalue weighted by molar-refractivity contribution is 5.88. The summed E-state index contributed by atoms with van der Waals surface area (Å²) in [4.78, 5) is 4.87. The van der Waals surface area contributed by atoms with E-state index in [2.05, 4.69) is 12.1 Å². The number of ether oxygens (including phenoxy) is 1. The van der Waals surface area contributed by atoms with Gasteiger partial charge in [-0.2, -0.15) is 0 Å². The van der Waals surface area contributed by atoms with Crippen LogP contribution in [-0.2, 0) is 12.2 Å². The lowest BCUT2D eigenvalue weighted by Crippen LogP contribution is -2.15. The summed E-state index contributed by atoms with van der Waals surface area (Å²) >= 11 is 0. The molecule has 0 atom stereocenters. The van der Waals surface area contributed by atoms with Crippen LogP contribution >= 0.6 is 0 Å². The summed E-state index contributed by atoms with van der Waals surface area (Å²) in [7, 11) is 0. The van der Waals surface area contributed by atoms with E-state index < -0.39 is 5.60 Å². The summed E-state index contributed by atoms with van der Waals surface area (Å²) in [6.45, 7) is 6.15. The lowest BCUT2D eigenvalue weighted by Gasteiger charge is -2.19. The van der Waals surface area contributed by atoms with Crippen molar-refractivity contribution in [3.8, 4) is 17.0 Å². The van der Waals surface area contributed by atoms with Crippen LogP contribution in [0.2, 0.25) is 0 Å². The fourth-order valence-corrected chi connectivity index (χ4v) is 3.47. The Morgan fingerprint density at radius 3 is 2.34 bits per heavy atom. The number of hydrogen-bond acceptors (Lipinski definition) is 3. The van der Waals surface area contributed by atoms with Crippen molar-refractivity contribution in [3.05, 3.63) is 95.6 Å². The van der Waals surface area contributed by atoms with Gasteiger partial charge in [-0.15, -0.1) is 0 Å². The Morgan fingerprint density at radius 2 is 1.62 bits per heavy atom. The van der Waals surface area contributed by atoms with Crippen molar-refractivity contribution in [2.45, 2.75) is 33.0 Å². The third-order valence-corrected chi connectivity index (χ3v) is 5.12. The van der Waals surface area contributed by atoms with Crippen LogP contribution in [0.1, 0.15) is 30.5 Å². The zero-order valence-corrected chi connectivity index (χ0v) is 17.0. The SMILES string of the molecule is Cc1cc(C(C)(C)O)ccc1-c1cc(OCc2ccccc2)c2ccccc2n1. The lowest BCUT2D eigenvalue weighted by atomic mass is 9.93. The second-order valence-electron chi connectivity index (χ2n) is 7.89. The molecule has 3 heteroatoms. The van der Waals surface area contributed by atoms with E-state index in [1.807, 2.05) is 73.7 Å². The highest BCUT2D eigenvalue weighted by atomic mass is 16.5. The summed E-state index contributed by atoms with van der Waals surface area (Å²) in [6, 6.07) is 26.2. The molecule has 0 amide bonds. The standard InChI is InChI=1S/C26H25NO2/c1-18-15-20(26(2,3)28)13-14-21(18)24-16-25(22-11-7-8-12-23(22)27-24)29-17-19-9-5-4-6-10-19/h4-16,28H,17H2,1-3H3. The number of hydrogen-bond donors (Lipinski definition) is 1.